The van der Waals surface area contributed by atoms with Gasteiger partial charge in [-0.25, -0.2) is 0 Å². The van der Waals surface area contributed by atoms with Gasteiger partial charge in [0.05, 0.1) is 0 Å². The van der Waals surface area contributed by atoms with Crippen LogP contribution in [0.15, 0.2) is 22.7 Å². The molecule has 3 heteroatoms. The summed E-state index contributed by atoms with van der Waals surface area (Å²) < 4.78 is 6.84. The second-order valence-electron chi connectivity index (χ2n) is 7.03. The summed E-state index contributed by atoms with van der Waals surface area (Å²) in [6.07, 6.45) is 14.5. The summed E-state index contributed by atoms with van der Waals surface area (Å²) in [5.74, 6) is 0. The molecule has 1 N–H and O–H groups in total. The van der Waals surface area contributed by atoms with Crippen molar-refractivity contribution in [1.82, 2.24) is 0 Å². The molecule has 0 fully saturated rings. The van der Waals surface area contributed by atoms with E-state index in [-0.39, 0.29) is 0 Å². The summed E-state index contributed by atoms with van der Waals surface area (Å²) in [7, 11) is 0. The molecule has 0 spiro atoms. The smallest absolute Gasteiger partial charge is 0.0466 e. The quantitative estimate of drug-likeness (QED) is 0.284. The van der Waals surface area contributed by atoms with Gasteiger partial charge in [-0.3, -0.25) is 0 Å². The van der Waals surface area contributed by atoms with Gasteiger partial charge in [0.25, 0.3) is 0 Å². The van der Waals surface area contributed by atoms with E-state index < -0.39 is 0 Å². The van der Waals surface area contributed by atoms with Gasteiger partial charge in [-0.1, -0.05) is 74.2 Å². The molecule has 1 rings (SSSR count). The molecule has 0 aliphatic carbocycles. The van der Waals surface area contributed by atoms with Crippen LogP contribution in [-0.4, -0.2) is 19.8 Å². The Morgan fingerprint density at radius 3 is 2.08 bits per heavy atom. The van der Waals surface area contributed by atoms with Gasteiger partial charge in [-0.15, -0.1) is 0 Å². The monoisotopic (exact) mass is 411 g/mol. The lowest BCUT2D eigenvalue weighted by Gasteiger charge is -2.09. The van der Waals surface area contributed by atoms with Crippen LogP contribution in [0.3, 0.4) is 0 Å². The molecule has 0 heterocycles. The van der Waals surface area contributed by atoms with E-state index in [1.807, 2.05) is 0 Å². The maximum atomic E-state index is 5.69. The first-order chi connectivity index (χ1) is 12.2. The number of halogens is 1. The zero-order chi connectivity index (χ0) is 18.2. The predicted molar refractivity (Wildman–Crippen MR) is 115 cm³/mol. The molecule has 0 saturated carbocycles. The van der Waals surface area contributed by atoms with Gasteiger partial charge < -0.3 is 10.1 Å². The summed E-state index contributed by atoms with van der Waals surface area (Å²) in [6, 6.07) is 6.42. The Labute approximate surface area is 164 Å². The molecule has 144 valence electrons. The summed E-state index contributed by atoms with van der Waals surface area (Å²) in [4.78, 5) is 0. The Hall–Kier alpha value is -0.540. The van der Waals surface area contributed by atoms with Gasteiger partial charge >= 0.3 is 0 Å². The summed E-state index contributed by atoms with van der Waals surface area (Å²) in [6.45, 7) is 7.41. The van der Waals surface area contributed by atoms with Crippen LogP contribution in [0, 0.1) is 6.92 Å². The molecule has 0 amide bonds. The molecule has 0 atom stereocenters. The van der Waals surface area contributed by atoms with Crippen LogP contribution >= 0.6 is 15.9 Å². The topological polar surface area (TPSA) is 21.3 Å². The minimum Gasteiger partial charge on any atom is -0.385 e. The summed E-state index contributed by atoms with van der Waals surface area (Å²) in [5.41, 5.74) is 2.57. The molecule has 0 aliphatic rings. The lowest BCUT2D eigenvalue weighted by atomic mass is 10.1. The zero-order valence-electron chi connectivity index (χ0n) is 16.4. The van der Waals surface area contributed by atoms with E-state index in [1.165, 1.54) is 81.9 Å². The van der Waals surface area contributed by atoms with Crippen molar-refractivity contribution in [2.24, 2.45) is 0 Å². The van der Waals surface area contributed by atoms with Crippen molar-refractivity contribution >= 4 is 21.6 Å². The first-order valence-corrected chi connectivity index (χ1v) is 11.1. The van der Waals surface area contributed by atoms with Crippen LogP contribution in [0.1, 0.15) is 83.1 Å². The maximum absolute atomic E-state index is 5.69. The van der Waals surface area contributed by atoms with Crippen molar-refractivity contribution in [1.29, 1.82) is 0 Å². The highest BCUT2D eigenvalue weighted by Crippen LogP contribution is 2.20. The van der Waals surface area contributed by atoms with E-state index in [0.717, 1.165) is 24.2 Å². The second kappa shape index (κ2) is 15.7. The second-order valence-corrected chi connectivity index (χ2v) is 7.95. The molecule has 0 bridgehead atoms. The largest absolute Gasteiger partial charge is 0.385 e. The van der Waals surface area contributed by atoms with Crippen LogP contribution in [0.5, 0.6) is 0 Å². The molecule has 25 heavy (non-hydrogen) atoms. The summed E-state index contributed by atoms with van der Waals surface area (Å²) in [5, 5.41) is 3.55. The molecule has 1 aromatic carbocycles. The average molecular weight is 412 g/mol. The number of hydrogen-bond acceptors (Lipinski definition) is 2. The van der Waals surface area contributed by atoms with Gasteiger partial charge in [-0.05, 0) is 49.9 Å². The third kappa shape index (κ3) is 12.4. The van der Waals surface area contributed by atoms with Crippen molar-refractivity contribution in [2.75, 3.05) is 25.1 Å². The van der Waals surface area contributed by atoms with E-state index in [1.54, 1.807) is 0 Å². The third-order valence-electron chi connectivity index (χ3n) is 4.61. The lowest BCUT2D eigenvalue weighted by molar-refractivity contribution is 0.125. The molecule has 0 radical (unpaired) electrons. The van der Waals surface area contributed by atoms with Crippen LogP contribution in [-0.2, 0) is 4.74 Å². The Morgan fingerprint density at radius 2 is 1.44 bits per heavy atom. The van der Waals surface area contributed by atoms with Crippen molar-refractivity contribution < 1.29 is 4.74 Å². The molecule has 1 aromatic rings. The maximum Gasteiger partial charge on any atom is 0.0466 e. The fourth-order valence-electron chi connectivity index (χ4n) is 2.99. The van der Waals surface area contributed by atoms with E-state index in [2.05, 4.69) is 53.3 Å². The standard InChI is InChI=1S/C22H38BrNO/c1-3-4-5-12-17-25-18-13-10-8-6-7-9-11-16-24-22-15-14-21(23)19-20(22)2/h14-15,19,24H,3-13,16-18H2,1-2H3. The Bertz CT molecular complexity index is 436. The van der Waals surface area contributed by atoms with E-state index in [9.17, 15) is 0 Å². The molecule has 0 saturated heterocycles. The molecular weight excluding hydrogens is 374 g/mol. The number of benzene rings is 1. The normalized spacial score (nSPS) is 11.0. The van der Waals surface area contributed by atoms with Gasteiger partial charge in [-0.2, -0.15) is 0 Å². The molecule has 0 unspecified atom stereocenters. The molecular formula is C22H38BrNO. The number of ether oxygens (including phenoxy) is 1. The van der Waals surface area contributed by atoms with Crippen molar-refractivity contribution in [3.63, 3.8) is 0 Å². The first kappa shape index (κ1) is 22.5. The third-order valence-corrected chi connectivity index (χ3v) is 5.10. The SMILES string of the molecule is CCCCCCOCCCCCCCCCNc1ccc(Br)cc1C. The number of nitrogens with one attached hydrogen (secondary N) is 1. The minimum absolute atomic E-state index is 0.961. The number of hydrogen-bond donors (Lipinski definition) is 1. The Balaban J connectivity index is 1.81. The number of unbranched alkanes of at least 4 members (excludes halogenated alkanes) is 9. The number of aryl methyl sites for hydroxylation is 1. The highest BCUT2D eigenvalue weighted by molar-refractivity contribution is 9.10. The summed E-state index contributed by atoms with van der Waals surface area (Å²) >= 11 is 3.51. The van der Waals surface area contributed by atoms with Crippen molar-refractivity contribution in [3.05, 3.63) is 28.2 Å². The van der Waals surface area contributed by atoms with Gasteiger partial charge in [0.1, 0.15) is 0 Å². The van der Waals surface area contributed by atoms with Crippen molar-refractivity contribution in [3.8, 4) is 0 Å². The lowest BCUT2D eigenvalue weighted by Crippen LogP contribution is -2.02. The van der Waals surface area contributed by atoms with Crippen molar-refractivity contribution in [2.45, 2.75) is 84.5 Å². The number of anilines is 1. The van der Waals surface area contributed by atoms with Crippen LogP contribution in [0.2, 0.25) is 0 Å². The Kier molecular flexibility index (Phi) is 14.1. The van der Waals surface area contributed by atoms with Crippen LogP contribution in [0.4, 0.5) is 5.69 Å². The van der Waals surface area contributed by atoms with Crippen LogP contribution in [0.25, 0.3) is 0 Å². The fourth-order valence-corrected chi connectivity index (χ4v) is 3.47. The fraction of sp³-hybridized carbons (Fsp3) is 0.727. The van der Waals surface area contributed by atoms with E-state index in [0.29, 0.717) is 0 Å². The van der Waals surface area contributed by atoms with Crippen LogP contribution < -0.4 is 5.32 Å². The molecule has 0 aromatic heterocycles. The average Bonchev–Trinajstić information content (AvgIpc) is 2.60. The minimum atomic E-state index is 0.961. The predicted octanol–water partition coefficient (Wildman–Crippen LogP) is 7.50. The molecule has 0 aliphatic heterocycles. The van der Waals surface area contributed by atoms with Gasteiger partial charge in [0.2, 0.25) is 0 Å². The number of rotatable bonds is 16. The highest BCUT2D eigenvalue weighted by Gasteiger charge is 1.98. The highest BCUT2D eigenvalue weighted by atomic mass is 79.9. The zero-order valence-corrected chi connectivity index (χ0v) is 18.0. The Morgan fingerprint density at radius 1 is 0.840 bits per heavy atom. The van der Waals surface area contributed by atoms with Gasteiger partial charge in [0, 0.05) is 29.9 Å². The van der Waals surface area contributed by atoms with Gasteiger partial charge in [0.15, 0.2) is 0 Å². The first-order valence-electron chi connectivity index (χ1n) is 10.3. The van der Waals surface area contributed by atoms with E-state index >= 15 is 0 Å². The molecule has 2 nitrogen and oxygen atoms in total. The van der Waals surface area contributed by atoms with E-state index in [4.69, 9.17) is 4.74 Å².